The Bertz CT molecular complexity index is 579. The summed E-state index contributed by atoms with van der Waals surface area (Å²) in [5.41, 5.74) is 1.11. The number of hydrogen-bond donors (Lipinski definition) is 0. The van der Waals surface area contributed by atoms with Crippen LogP contribution in [0.3, 0.4) is 0 Å². The Hall–Kier alpha value is -1.65. The zero-order valence-electron chi connectivity index (χ0n) is 18.1. The number of esters is 2. The molecule has 1 rings (SSSR count). The highest BCUT2D eigenvalue weighted by molar-refractivity contribution is 5.85. The molecule has 0 unspecified atom stereocenters. The van der Waals surface area contributed by atoms with Crippen molar-refractivity contribution in [2.45, 2.75) is 80.4 Å². The lowest BCUT2D eigenvalue weighted by Crippen LogP contribution is -2.47. The highest BCUT2D eigenvalue weighted by Crippen LogP contribution is 2.32. The van der Waals surface area contributed by atoms with E-state index in [0.29, 0.717) is 0 Å². The van der Waals surface area contributed by atoms with E-state index in [-0.39, 0.29) is 53.4 Å². The normalized spacial score (nSPS) is 25.5. The van der Waals surface area contributed by atoms with Gasteiger partial charge in [0.1, 0.15) is 18.0 Å². The number of carbonyl (C=O) groups excluding carboxylic acids is 3. The summed E-state index contributed by atoms with van der Waals surface area (Å²) < 4.78 is 10.7. The van der Waals surface area contributed by atoms with Crippen molar-refractivity contribution in [1.29, 1.82) is 0 Å². The Morgan fingerprint density at radius 2 is 1.78 bits per heavy atom. The predicted octanol–water partition coefficient (Wildman–Crippen LogP) is 4.34. The molecule has 0 radical (unpaired) electrons. The molecule has 1 aliphatic heterocycles. The molecule has 0 saturated carbocycles. The van der Waals surface area contributed by atoms with Crippen molar-refractivity contribution in [3.05, 3.63) is 11.6 Å². The van der Waals surface area contributed by atoms with Crippen LogP contribution in [0.15, 0.2) is 11.6 Å². The van der Waals surface area contributed by atoms with Gasteiger partial charge in [-0.05, 0) is 32.1 Å². The van der Waals surface area contributed by atoms with E-state index in [9.17, 15) is 14.4 Å². The minimum absolute atomic E-state index is 0.0375. The maximum Gasteiger partial charge on any atom is 0.312 e. The maximum atomic E-state index is 12.9. The first-order valence-electron chi connectivity index (χ1n) is 10.1. The molecule has 5 nitrogen and oxygen atoms in total. The van der Waals surface area contributed by atoms with Gasteiger partial charge in [-0.1, -0.05) is 52.7 Å². The van der Waals surface area contributed by atoms with E-state index >= 15 is 0 Å². The molecular weight excluding hydrogens is 344 g/mol. The molecule has 1 aliphatic rings. The molecule has 0 aromatic heterocycles. The van der Waals surface area contributed by atoms with E-state index in [1.807, 2.05) is 47.6 Å². The summed E-state index contributed by atoms with van der Waals surface area (Å²) in [5, 5.41) is 0. The fourth-order valence-electron chi connectivity index (χ4n) is 3.93. The Labute approximate surface area is 163 Å². The van der Waals surface area contributed by atoms with Gasteiger partial charge in [-0.25, -0.2) is 0 Å². The van der Waals surface area contributed by atoms with Crippen LogP contribution in [0, 0.1) is 29.6 Å². The molecule has 0 amide bonds. The molecule has 1 fully saturated rings. The average molecular weight is 381 g/mol. The molecule has 27 heavy (non-hydrogen) atoms. The highest BCUT2D eigenvalue weighted by atomic mass is 16.6. The quantitative estimate of drug-likeness (QED) is 0.416. The van der Waals surface area contributed by atoms with E-state index in [1.165, 1.54) is 6.92 Å². The molecule has 0 N–H and O–H groups in total. The van der Waals surface area contributed by atoms with Crippen LogP contribution in [0.25, 0.3) is 0 Å². The van der Waals surface area contributed by atoms with E-state index in [4.69, 9.17) is 9.47 Å². The molecular formula is C22H36O5. The van der Waals surface area contributed by atoms with Crippen LogP contribution in [0.2, 0.25) is 0 Å². The van der Waals surface area contributed by atoms with Gasteiger partial charge in [-0.3, -0.25) is 14.4 Å². The van der Waals surface area contributed by atoms with Gasteiger partial charge in [-0.15, -0.1) is 0 Å². The van der Waals surface area contributed by atoms with Crippen LogP contribution in [-0.4, -0.2) is 29.9 Å². The van der Waals surface area contributed by atoms with E-state index in [2.05, 4.69) is 6.92 Å². The molecule has 0 aliphatic carbocycles. The van der Waals surface area contributed by atoms with Crippen molar-refractivity contribution in [2.75, 3.05) is 0 Å². The molecule has 5 heteroatoms. The summed E-state index contributed by atoms with van der Waals surface area (Å²) in [7, 11) is 0. The largest absolute Gasteiger partial charge is 0.462 e. The molecule has 0 aromatic carbocycles. The number of hydrogen-bond acceptors (Lipinski definition) is 5. The van der Waals surface area contributed by atoms with Crippen molar-refractivity contribution in [2.24, 2.45) is 29.6 Å². The van der Waals surface area contributed by atoms with Crippen molar-refractivity contribution in [3.8, 4) is 0 Å². The molecule has 0 aromatic rings. The van der Waals surface area contributed by atoms with Gasteiger partial charge in [0.05, 0.1) is 11.8 Å². The highest BCUT2D eigenvalue weighted by Gasteiger charge is 2.41. The molecule has 7 atom stereocenters. The van der Waals surface area contributed by atoms with E-state index < -0.39 is 6.10 Å². The molecule has 154 valence electrons. The van der Waals surface area contributed by atoms with Gasteiger partial charge in [0.2, 0.25) is 0 Å². The predicted molar refractivity (Wildman–Crippen MR) is 105 cm³/mol. The van der Waals surface area contributed by atoms with Crippen LogP contribution in [0.5, 0.6) is 0 Å². The lowest BCUT2D eigenvalue weighted by Gasteiger charge is -2.37. The summed E-state index contributed by atoms with van der Waals surface area (Å²) in [5.74, 6) is -0.709. The maximum absolute atomic E-state index is 12.9. The van der Waals surface area contributed by atoms with Gasteiger partial charge >= 0.3 is 11.9 Å². The fraction of sp³-hybridized carbons (Fsp3) is 0.773. The average Bonchev–Trinajstić information content (AvgIpc) is 2.61. The molecule has 0 bridgehead atoms. The number of ether oxygens (including phenoxy) is 2. The summed E-state index contributed by atoms with van der Waals surface area (Å²) >= 11 is 0. The van der Waals surface area contributed by atoms with E-state index in [0.717, 1.165) is 18.4 Å². The number of allylic oxidation sites excluding steroid dienone is 2. The number of cyclic esters (lactones) is 1. The van der Waals surface area contributed by atoms with Crippen LogP contribution < -0.4 is 0 Å². The van der Waals surface area contributed by atoms with Gasteiger partial charge < -0.3 is 9.47 Å². The molecule has 1 saturated heterocycles. The summed E-state index contributed by atoms with van der Waals surface area (Å²) in [6.45, 7) is 15.1. The second-order valence-corrected chi connectivity index (χ2v) is 8.32. The topological polar surface area (TPSA) is 69.7 Å². The SMILES string of the molecule is CC[C@H](C)[C@H](OC(C)=O)[C@@H](C)C(=O)[C@@H](C)C=C(C)C[C@@H](C)[C@H]1OC(=O)[C@H]1C. The van der Waals surface area contributed by atoms with Gasteiger partial charge in [0.25, 0.3) is 0 Å². The first kappa shape index (κ1) is 23.4. The second kappa shape index (κ2) is 10.0. The third-order valence-electron chi connectivity index (χ3n) is 5.75. The smallest absolute Gasteiger partial charge is 0.312 e. The van der Waals surface area contributed by atoms with E-state index in [1.54, 1.807) is 0 Å². The molecule has 1 heterocycles. The standard InChI is InChI=1S/C22H36O5/c1-9-13(3)20(26-18(8)23)16(6)19(24)14(4)10-12(2)11-15(5)21-17(7)22(25)27-21/h10,13-17,20-21H,9,11H2,1-8H3/t13-,14-,15+,16-,17-,20-,21+/m0/s1. The Morgan fingerprint density at radius 3 is 2.22 bits per heavy atom. The van der Waals surface area contributed by atoms with Crippen molar-refractivity contribution in [3.63, 3.8) is 0 Å². The lowest BCUT2D eigenvalue weighted by molar-refractivity contribution is -0.188. The lowest BCUT2D eigenvalue weighted by atomic mass is 9.82. The summed E-state index contributed by atoms with van der Waals surface area (Å²) in [4.78, 5) is 35.6. The minimum atomic E-state index is -0.398. The monoisotopic (exact) mass is 380 g/mol. The van der Waals surface area contributed by atoms with Crippen molar-refractivity contribution in [1.82, 2.24) is 0 Å². The first-order chi connectivity index (χ1) is 12.5. The summed E-state index contributed by atoms with van der Waals surface area (Å²) in [6.07, 6.45) is 3.18. The Morgan fingerprint density at radius 1 is 1.19 bits per heavy atom. The van der Waals surface area contributed by atoms with Gasteiger partial charge in [0, 0.05) is 12.8 Å². The third kappa shape index (κ3) is 6.18. The number of carbonyl (C=O) groups is 3. The minimum Gasteiger partial charge on any atom is -0.462 e. The van der Waals surface area contributed by atoms with Gasteiger partial charge in [0.15, 0.2) is 0 Å². The number of Topliss-reactive ketones (excluding diaryl/α,β-unsaturated/α-hetero) is 1. The number of rotatable bonds is 10. The van der Waals surface area contributed by atoms with Crippen LogP contribution in [0.4, 0.5) is 0 Å². The zero-order valence-corrected chi connectivity index (χ0v) is 18.1. The Balaban J connectivity index is 2.73. The second-order valence-electron chi connectivity index (χ2n) is 8.32. The zero-order chi connectivity index (χ0) is 20.9. The van der Waals surface area contributed by atoms with Crippen LogP contribution >= 0.6 is 0 Å². The van der Waals surface area contributed by atoms with Crippen LogP contribution in [-0.2, 0) is 23.9 Å². The summed E-state index contributed by atoms with van der Waals surface area (Å²) in [6, 6.07) is 0. The Kier molecular flexibility index (Phi) is 8.70. The first-order valence-corrected chi connectivity index (χ1v) is 10.1. The van der Waals surface area contributed by atoms with Crippen LogP contribution in [0.1, 0.15) is 68.2 Å². The van der Waals surface area contributed by atoms with Gasteiger partial charge in [-0.2, -0.15) is 0 Å². The fourth-order valence-corrected chi connectivity index (χ4v) is 3.93. The third-order valence-corrected chi connectivity index (χ3v) is 5.75. The number of ketones is 1. The van der Waals surface area contributed by atoms with Crippen molar-refractivity contribution >= 4 is 17.7 Å². The van der Waals surface area contributed by atoms with Crippen molar-refractivity contribution < 1.29 is 23.9 Å². The molecule has 0 spiro atoms.